The van der Waals surface area contributed by atoms with Gasteiger partial charge in [-0.2, -0.15) is 0 Å². The number of nitrogens with zero attached hydrogens (tertiary/aromatic N) is 3. The molecule has 13 heteroatoms. The van der Waals surface area contributed by atoms with Crippen LogP contribution in [0.5, 0.6) is 0 Å². The number of hydrogen-bond donors (Lipinski definition) is 2. The first-order chi connectivity index (χ1) is 18.3. The number of carboxylic acid groups (broad SMARTS) is 1. The summed E-state index contributed by atoms with van der Waals surface area (Å²) in [7, 11) is 0. The molecule has 1 aromatic heterocycles. The fraction of sp³-hybridized carbons (Fsp3) is 0.440. The number of nitrogens with one attached hydrogen (secondary N) is 1. The van der Waals surface area contributed by atoms with Crippen molar-refractivity contribution in [2.75, 3.05) is 43.4 Å². The smallest absolute Gasteiger partial charge is 0.352 e. The van der Waals surface area contributed by atoms with E-state index < -0.39 is 23.2 Å². The zero-order valence-electron chi connectivity index (χ0n) is 20.2. The predicted molar refractivity (Wildman–Crippen MR) is 139 cm³/mol. The van der Waals surface area contributed by atoms with Crippen LogP contribution in [0.4, 0.5) is 10.1 Å². The maximum Gasteiger partial charge on any atom is 0.352 e. The van der Waals surface area contributed by atoms with Gasteiger partial charge in [-0.3, -0.25) is 14.5 Å². The maximum atomic E-state index is 15.3. The fourth-order valence-corrected chi connectivity index (χ4v) is 6.87. The van der Waals surface area contributed by atoms with Gasteiger partial charge in [0.1, 0.15) is 23.7 Å². The Kier molecular flexibility index (Phi) is 6.36. The number of fused-ring (bicyclic) bond motifs is 2. The highest BCUT2D eigenvalue weighted by Crippen LogP contribution is 2.43. The Bertz CT molecular complexity index is 1480. The zero-order chi connectivity index (χ0) is 26.7. The molecule has 1 atom stereocenters. The van der Waals surface area contributed by atoms with Crippen LogP contribution >= 0.6 is 23.4 Å². The van der Waals surface area contributed by atoms with Gasteiger partial charge >= 0.3 is 11.9 Å². The van der Waals surface area contributed by atoms with Gasteiger partial charge in [-0.05, 0) is 18.9 Å². The van der Waals surface area contributed by atoms with Crippen molar-refractivity contribution in [3.05, 3.63) is 50.2 Å². The van der Waals surface area contributed by atoms with E-state index in [1.807, 2.05) is 4.90 Å². The predicted octanol–water partition coefficient (Wildman–Crippen LogP) is 2.34. The summed E-state index contributed by atoms with van der Waals surface area (Å²) in [5.74, 6) is -2.89. The summed E-state index contributed by atoms with van der Waals surface area (Å²) < 4.78 is 22.5. The second-order valence-corrected chi connectivity index (χ2v) is 11.3. The van der Waals surface area contributed by atoms with Gasteiger partial charge in [-0.1, -0.05) is 11.6 Å². The molecule has 1 aromatic carbocycles. The van der Waals surface area contributed by atoms with Crippen LogP contribution in [0.2, 0.25) is 5.02 Å². The van der Waals surface area contributed by atoms with Gasteiger partial charge in [-0.25, -0.2) is 14.0 Å². The van der Waals surface area contributed by atoms with Gasteiger partial charge in [0.15, 0.2) is 0 Å². The van der Waals surface area contributed by atoms with E-state index in [0.29, 0.717) is 31.7 Å². The largest absolute Gasteiger partial charge is 0.477 e. The molecule has 200 valence electrons. The number of β-lactam (4-membered cyclic amide) rings is 1. The van der Waals surface area contributed by atoms with Gasteiger partial charge in [-0.15, -0.1) is 11.8 Å². The van der Waals surface area contributed by atoms with Crippen molar-refractivity contribution < 1.29 is 28.6 Å². The van der Waals surface area contributed by atoms with Crippen LogP contribution < -0.4 is 15.6 Å². The lowest BCUT2D eigenvalue weighted by atomic mass is 10.1. The molecule has 10 nitrogen and oxygen atoms in total. The number of anilines is 1. The molecule has 0 spiro atoms. The highest BCUT2D eigenvalue weighted by Gasteiger charge is 2.45. The number of carboxylic acids is 1. The van der Waals surface area contributed by atoms with Crippen molar-refractivity contribution in [2.24, 2.45) is 0 Å². The molecule has 6 rings (SSSR count). The van der Waals surface area contributed by atoms with Crippen LogP contribution in [0.1, 0.15) is 35.7 Å². The normalized spacial score (nSPS) is 21.4. The number of ether oxygens (including phenoxy) is 1. The lowest BCUT2D eigenvalue weighted by Crippen LogP contribution is -2.54. The molecule has 38 heavy (non-hydrogen) atoms. The summed E-state index contributed by atoms with van der Waals surface area (Å²) in [6.45, 7) is 2.10. The molecule has 1 aliphatic carbocycles. The topological polar surface area (TPSA) is 121 Å². The number of amides is 1. The lowest BCUT2D eigenvalue weighted by molar-refractivity contribution is -0.146. The number of aromatic nitrogens is 1. The number of carbonyl (C=O) groups excluding carboxylic acids is 2. The minimum atomic E-state index is -1.28. The molecule has 1 amide bonds. The molecule has 0 radical (unpaired) electrons. The standard InChI is InChI=1S/C25H24ClFN4O6S/c26-19-21-14(7-16(27)22(19)29-5-3-28-4-6-29)23(33)15(9-30(21)13-1-2-13)25(36)37-10-12-11-38-18-8-17(32)31(18)20(12)24(34)35/h7,9,13,18,28H,1-6,8,10-11H2,(H,34,35). The minimum Gasteiger partial charge on any atom is -0.477 e. The molecule has 0 bridgehead atoms. The van der Waals surface area contributed by atoms with E-state index in [-0.39, 0.29) is 69.0 Å². The Morgan fingerprint density at radius 1 is 1.24 bits per heavy atom. The molecule has 2 saturated heterocycles. The van der Waals surface area contributed by atoms with Crippen LogP contribution in [-0.4, -0.2) is 76.3 Å². The first-order valence-electron chi connectivity index (χ1n) is 12.3. The number of aliphatic carboxylic acids is 1. The van der Waals surface area contributed by atoms with Crippen molar-refractivity contribution in [2.45, 2.75) is 30.7 Å². The molecular weight excluding hydrogens is 539 g/mol. The molecule has 2 N–H and O–H groups in total. The van der Waals surface area contributed by atoms with Gasteiger partial charge < -0.3 is 24.6 Å². The fourth-order valence-electron chi connectivity index (χ4n) is 5.22. The molecule has 1 saturated carbocycles. The number of rotatable bonds is 6. The summed E-state index contributed by atoms with van der Waals surface area (Å²) in [6, 6.07) is 1.14. The second kappa shape index (κ2) is 9.58. The van der Waals surface area contributed by atoms with E-state index in [1.165, 1.54) is 22.9 Å². The first-order valence-corrected chi connectivity index (χ1v) is 13.8. The molecule has 1 unspecified atom stereocenters. The third-order valence-corrected chi connectivity index (χ3v) is 8.92. The summed E-state index contributed by atoms with van der Waals surface area (Å²) in [4.78, 5) is 53.3. The van der Waals surface area contributed by atoms with Crippen molar-refractivity contribution in [1.82, 2.24) is 14.8 Å². The number of halogens is 2. The van der Waals surface area contributed by atoms with Gasteiger partial charge in [0.2, 0.25) is 11.3 Å². The molecule has 4 heterocycles. The first kappa shape index (κ1) is 25.2. The molecule has 2 aromatic rings. The molecular formula is C25H24ClFN4O6S. The third kappa shape index (κ3) is 4.15. The van der Waals surface area contributed by atoms with E-state index in [9.17, 15) is 24.3 Å². The Morgan fingerprint density at radius 3 is 2.63 bits per heavy atom. The molecule has 3 aliphatic heterocycles. The Labute approximate surface area is 225 Å². The van der Waals surface area contributed by atoms with Crippen LogP contribution in [0, 0.1) is 5.82 Å². The van der Waals surface area contributed by atoms with Crippen LogP contribution in [-0.2, 0) is 14.3 Å². The SMILES string of the molecule is O=C(O)C1=C(COC(=O)c2cn(C3CC3)c3c(Cl)c(N4CCNCC4)c(F)cc3c2=O)CSC2CC(=O)N12. The van der Waals surface area contributed by atoms with E-state index in [1.54, 1.807) is 4.57 Å². The number of benzene rings is 1. The number of hydrogen-bond acceptors (Lipinski definition) is 8. The van der Waals surface area contributed by atoms with Crippen molar-refractivity contribution in [1.29, 1.82) is 0 Å². The summed E-state index contributed by atoms with van der Waals surface area (Å²) in [6.07, 6.45) is 3.31. The monoisotopic (exact) mass is 562 g/mol. The number of thioether (sulfide) groups is 1. The highest BCUT2D eigenvalue weighted by atomic mass is 35.5. The van der Waals surface area contributed by atoms with Crippen LogP contribution in [0.15, 0.2) is 28.3 Å². The van der Waals surface area contributed by atoms with Crippen molar-refractivity contribution in [3.8, 4) is 0 Å². The van der Waals surface area contributed by atoms with Gasteiger partial charge in [0.05, 0.1) is 33.4 Å². The third-order valence-electron chi connectivity index (χ3n) is 7.29. The minimum absolute atomic E-state index is 0.00825. The molecule has 4 aliphatic rings. The van der Waals surface area contributed by atoms with Crippen molar-refractivity contribution >= 4 is 57.8 Å². The van der Waals surface area contributed by atoms with E-state index >= 15 is 4.39 Å². The Hall–Kier alpha value is -3.09. The van der Waals surface area contributed by atoms with E-state index in [2.05, 4.69) is 5.32 Å². The van der Waals surface area contributed by atoms with Crippen LogP contribution in [0.25, 0.3) is 10.9 Å². The van der Waals surface area contributed by atoms with Crippen LogP contribution in [0.3, 0.4) is 0 Å². The summed E-state index contributed by atoms with van der Waals surface area (Å²) >= 11 is 8.13. The maximum absolute atomic E-state index is 15.3. The van der Waals surface area contributed by atoms with Gasteiger partial charge in [0, 0.05) is 49.7 Å². The van der Waals surface area contributed by atoms with Gasteiger partial charge in [0.25, 0.3) is 0 Å². The van der Waals surface area contributed by atoms with E-state index in [4.69, 9.17) is 16.3 Å². The number of piperazine rings is 1. The second-order valence-electron chi connectivity index (χ2n) is 9.73. The average molecular weight is 563 g/mol. The average Bonchev–Trinajstić information content (AvgIpc) is 3.73. The Morgan fingerprint density at radius 2 is 1.97 bits per heavy atom. The highest BCUT2D eigenvalue weighted by molar-refractivity contribution is 8.00. The van der Waals surface area contributed by atoms with Crippen molar-refractivity contribution in [3.63, 3.8) is 0 Å². The van der Waals surface area contributed by atoms with E-state index in [0.717, 1.165) is 18.9 Å². The lowest BCUT2D eigenvalue weighted by Gasteiger charge is -2.43. The summed E-state index contributed by atoms with van der Waals surface area (Å²) in [5.41, 5.74) is -0.273. The summed E-state index contributed by atoms with van der Waals surface area (Å²) in [5, 5.41) is 12.8. The zero-order valence-corrected chi connectivity index (χ0v) is 21.7. The Balaban J connectivity index is 1.36. The molecule has 3 fully saturated rings. The number of pyridine rings is 1. The quantitative estimate of drug-likeness (QED) is 0.403. The number of carbonyl (C=O) groups is 3. The number of esters is 1.